The molecule has 0 radical (unpaired) electrons. The number of nitrogen functional groups attached to an aromatic ring is 1. The van der Waals surface area contributed by atoms with Gasteiger partial charge in [0, 0.05) is 16.8 Å². The SMILES string of the molecule is CCCCCCOc1cc(C(=O)NNC(=O)c2ccc(N)cc2)cc(OCCCCCC)c1OCCCCCC. The standard InChI is InChI=1S/C32H49N3O5/c1-4-7-10-13-20-38-28-23-26(32(37)35-34-31(36)25-16-18-27(33)19-17-25)24-29(39-21-14-11-8-5-2)30(28)40-22-15-12-9-6-3/h16-19,23-24H,4-15,20-22,33H2,1-3H3,(H,34,36)(H,35,37). The van der Waals surface area contributed by atoms with E-state index in [-0.39, 0.29) is 0 Å². The van der Waals surface area contributed by atoms with Crippen LogP contribution >= 0.6 is 0 Å². The van der Waals surface area contributed by atoms with Gasteiger partial charge in [0.2, 0.25) is 5.75 Å². The number of carbonyl (C=O) groups excluding carboxylic acids is 2. The van der Waals surface area contributed by atoms with Gasteiger partial charge in [0.15, 0.2) is 11.5 Å². The number of benzene rings is 2. The number of unbranched alkanes of at least 4 members (excludes halogenated alkanes) is 9. The molecule has 0 unspecified atom stereocenters. The van der Waals surface area contributed by atoms with Crippen LogP contribution < -0.4 is 30.8 Å². The molecule has 8 nitrogen and oxygen atoms in total. The lowest BCUT2D eigenvalue weighted by Gasteiger charge is -2.19. The Morgan fingerprint density at radius 2 is 1.02 bits per heavy atom. The molecular weight excluding hydrogens is 506 g/mol. The minimum absolute atomic E-state index is 0.308. The van der Waals surface area contributed by atoms with Crippen LogP contribution in [0.5, 0.6) is 17.2 Å². The smallest absolute Gasteiger partial charge is 0.269 e. The Bertz CT molecular complexity index is 975. The minimum Gasteiger partial charge on any atom is -0.490 e. The molecule has 0 saturated heterocycles. The third kappa shape index (κ3) is 12.2. The summed E-state index contributed by atoms with van der Waals surface area (Å²) in [6.07, 6.45) is 12.9. The molecule has 0 aromatic heterocycles. The molecule has 222 valence electrons. The van der Waals surface area contributed by atoms with Crippen molar-refractivity contribution in [3.05, 3.63) is 47.5 Å². The summed E-state index contributed by atoms with van der Waals surface area (Å²) < 4.78 is 18.5. The van der Waals surface area contributed by atoms with Gasteiger partial charge in [-0.25, -0.2) is 0 Å². The molecule has 0 aliphatic heterocycles. The molecule has 2 amide bonds. The Kier molecular flexibility index (Phi) is 16.1. The van der Waals surface area contributed by atoms with Gasteiger partial charge in [0.1, 0.15) is 0 Å². The first-order valence-corrected chi connectivity index (χ1v) is 15.0. The van der Waals surface area contributed by atoms with E-state index < -0.39 is 11.8 Å². The maximum Gasteiger partial charge on any atom is 0.269 e. The van der Waals surface area contributed by atoms with Crippen LogP contribution in [0.25, 0.3) is 0 Å². The van der Waals surface area contributed by atoms with Crippen LogP contribution in [0.1, 0.15) is 119 Å². The molecule has 40 heavy (non-hydrogen) atoms. The van der Waals surface area contributed by atoms with Crippen molar-refractivity contribution in [3.63, 3.8) is 0 Å². The summed E-state index contributed by atoms with van der Waals surface area (Å²) in [6.45, 7) is 8.09. The molecule has 0 bridgehead atoms. The third-order valence-electron chi connectivity index (χ3n) is 6.50. The van der Waals surface area contributed by atoms with Crippen molar-refractivity contribution in [1.82, 2.24) is 10.9 Å². The summed E-state index contributed by atoms with van der Waals surface area (Å²) in [7, 11) is 0. The lowest BCUT2D eigenvalue weighted by molar-refractivity contribution is 0.0846. The van der Waals surface area contributed by atoms with E-state index in [1.807, 2.05) is 0 Å². The minimum atomic E-state index is -0.482. The molecule has 0 fully saturated rings. The lowest BCUT2D eigenvalue weighted by atomic mass is 10.1. The molecule has 2 aromatic carbocycles. The number of ether oxygens (including phenoxy) is 3. The molecule has 8 heteroatoms. The fraction of sp³-hybridized carbons (Fsp3) is 0.562. The Labute approximate surface area is 240 Å². The zero-order chi connectivity index (χ0) is 29.0. The molecule has 0 atom stereocenters. The number of amides is 2. The van der Waals surface area contributed by atoms with Crippen LogP contribution in [0.3, 0.4) is 0 Å². The van der Waals surface area contributed by atoms with Crippen LogP contribution in [-0.4, -0.2) is 31.6 Å². The van der Waals surface area contributed by atoms with Crippen LogP contribution in [0.4, 0.5) is 5.69 Å². The predicted molar refractivity (Wildman–Crippen MR) is 161 cm³/mol. The highest BCUT2D eigenvalue weighted by atomic mass is 16.5. The lowest BCUT2D eigenvalue weighted by Crippen LogP contribution is -2.41. The van der Waals surface area contributed by atoms with Crippen molar-refractivity contribution in [1.29, 1.82) is 0 Å². The Morgan fingerprint density at radius 1 is 0.600 bits per heavy atom. The van der Waals surface area contributed by atoms with E-state index in [0.717, 1.165) is 77.0 Å². The normalized spacial score (nSPS) is 10.7. The molecule has 0 aliphatic rings. The van der Waals surface area contributed by atoms with Crippen molar-refractivity contribution < 1.29 is 23.8 Å². The highest BCUT2D eigenvalue weighted by Gasteiger charge is 2.20. The number of hydrazine groups is 1. The molecule has 0 saturated carbocycles. The van der Waals surface area contributed by atoms with Gasteiger partial charge in [-0.15, -0.1) is 0 Å². The van der Waals surface area contributed by atoms with Gasteiger partial charge >= 0.3 is 0 Å². The number of carbonyl (C=O) groups is 2. The van der Waals surface area contributed by atoms with E-state index in [2.05, 4.69) is 31.6 Å². The summed E-state index contributed by atoms with van der Waals surface area (Å²) in [4.78, 5) is 25.6. The average Bonchev–Trinajstić information content (AvgIpc) is 2.96. The second kappa shape index (κ2) is 19.6. The van der Waals surface area contributed by atoms with Gasteiger partial charge in [-0.2, -0.15) is 0 Å². The van der Waals surface area contributed by atoms with Crippen molar-refractivity contribution in [2.75, 3.05) is 25.6 Å². The topological polar surface area (TPSA) is 112 Å². The molecular formula is C32H49N3O5. The van der Waals surface area contributed by atoms with Gasteiger partial charge in [-0.1, -0.05) is 78.6 Å². The Morgan fingerprint density at radius 3 is 1.48 bits per heavy atom. The number of nitrogens with one attached hydrogen (secondary N) is 2. The first-order valence-electron chi connectivity index (χ1n) is 15.0. The van der Waals surface area contributed by atoms with Gasteiger partial charge in [0.25, 0.3) is 11.8 Å². The average molecular weight is 556 g/mol. The highest BCUT2D eigenvalue weighted by molar-refractivity contribution is 5.99. The summed E-state index contributed by atoms with van der Waals surface area (Å²) in [6, 6.07) is 9.78. The second-order valence-corrected chi connectivity index (χ2v) is 10.1. The van der Waals surface area contributed by atoms with Gasteiger partial charge in [-0.3, -0.25) is 20.4 Å². The molecule has 0 spiro atoms. The van der Waals surface area contributed by atoms with E-state index in [4.69, 9.17) is 19.9 Å². The second-order valence-electron chi connectivity index (χ2n) is 10.1. The summed E-state index contributed by atoms with van der Waals surface area (Å²) in [5.74, 6) is 0.566. The zero-order valence-electron chi connectivity index (χ0n) is 24.7. The quantitative estimate of drug-likeness (QED) is 0.0903. The number of hydrogen-bond acceptors (Lipinski definition) is 6. The molecule has 2 rings (SSSR count). The van der Waals surface area contributed by atoms with E-state index >= 15 is 0 Å². The number of rotatable bonds is 20. The fourth-order valence-corrected chi connectivity index (χ4v) is 4.08. The predicted octanol–water partition coefficient (Wildman–Crippen LogP) is 7.22. The van der Waals surface area contributed by atoms with Gasteiger partial charge in [0.05, 0.1) is 19.8 Å². The van der Waals surface area contributed by atoms with Crippen molar-refractivity contribution in [3.8, 4) is 17.2 Å². The van der Waals surface area contributed by atoms with Crippen LogP contribution in [0, 0.1) is 0 Å². The Hall–Kier alpha value is -3.42. The van der Waals surface area contributed by atoms with Crippen LogP contribution in [0.15, 0.2) is 36.4 Å². The molecule has 2 aromatic rings. The molecule has 4 N–H and O–H groups in total. The first-order chi connectivity index (χ1) is 19.5. The monoisotopic (exact) mass is 555 g/mol. The van der Waals surface area contributed by atoms with Crippen LogP contribution in [-0.2, 0) is 0 Å². The number of anilines is 1. The van der Waals surface area contributed by atoms with Crippen molar-refractivity contribution in [2.24, 2.45) is 0 Å². The molecule has 0 heterocycles. The fourth-order valence-electron chi connectivity index (χ4n) is 4.08. The highest BCUT2D eigenvalue weighted by Crippen LogP contribution is 2.39. The van der Waals surface area contributed by atoms with E-state index in [9.17, 15) is 9.59 Å². The van der Waals surface area contributed by atoms with Crippen LogP contribution in [0.2, 0.25) is 0 Å². The van der Waals surface area contributed by atoms with Crippen molar-refractivity contribution >= 4 is 17.5 Å². The maximum absolute atomic E-state index is 13.1. The summed E-state index contributed by atoms with van der Waals surface area (Å²) in [5.41, 5.74) is 11.9. The summed E-state index contributed by atoms with van der Waals surface area (Å²) in [5, 5.41) is 0. The molecule has 0 aliphatic carbocycles. The third-order valence-corrected chi connectivity index (χ3v) is 6.50. The summed E-state index contributed by atoms with van der Waals surface area (Å²) >= 11 is 0. The van der Waals surface area contributed by atoms with Gasteiger partial charge in [-0.05, 0) is 55.7 Å². The number of hydrogen-bond donors (Lipinski definition) is 3. The Balaban J connectivity index is 2.22. The largest absolute Gasteiger partial charge is 0.490 e. The van der Waals surface area contributed by atoms with Gasteiger partial charge < -0.3 is 19.9 Å². The number of nitrogens with two attached hydrogens (primary N) is 1. The zero-order valence-corrected chi connectivity index (χ0v) is 24.7. The maximum atomic E-state index is 13.1. The van der Waals surface area contributed by atoms with E-state index in [1.165, 1.54) is 0 Å². The van der Waals surface area contributed by atoms with Crippen molar-refractivity contribution in [2.45, 2.75) is 97.8 Å². The van der Waals surface area contributed by atoms with E-state index in [1.54, 1.807) is 36.4 Å². The van der Waals surface area contributed by atoms with E-state index in [0.29, 0.717) is 53.9 Å². The first kappa shape index (κ1) is 32.8.